The number of hydrogen-bond donors (Lipinski definition) is 0. The maximum absolute atomic E-state index is 12.3. The Hall–Kier alpha value is -2.08. The zero-order chi connectivity index (χ0) is 23.9. The van der Waals surface area contributed by atoms with Gasteiger partial charge in [-0.1, -0.05) is 23.8 Å². The van der Waals surface area contributed by atoms with Gasteiger partial charge in [0.1, 0.15) is 11.2 Å². The van der Waals surface area contributed by atoms with Crippen molar-refractivity contribution in [1.29, 1.82) is 0 Å². The van der Waals surface area contributed by atoms with E-state index in [0.29, 0.717) is 19.5 Å². The molecule has 0 atom stereocenters. The second-order valence-electron chi connectivity index (χ2n) is 10.8. The van der Waals surface area contributed by atoms with Crippen LogP contribution < -0.4 is 0 Å². The number of rotatable bonds is 7. The van der Waals surface area contributed by atoms with Crippen molar-refractivity contribution in [2.45, 2.75) is 91.9 Å². The number of unbranched alkanes of at least 4 members (excludes halogenated alkanes) is 1. The van der Waals surface area contributed by atoms with E-state index in [0.717, 1.165) is 38.9 Å². The van der Waals surface area contributed by atoms with E-state index in [9.17, 15) is 9.59 Å². The largest absolute Gasteiger partial charge is 0.460 e. The molecule has 1 fully saturated rings. The molecular formula is C26H42N2O4. The molecule has 0 aliphatic carbocycles. The highest BCUT2D eigenvalue weighted by atomic mass is 16.6. The number of nitrogens with zero attached hydrogens (tertiary/aromatic N) is 2. The molecule has 2 rings (SSSR count). The first-order valence-electron chi connectivity index (χ1n) is 11.8. The lowest BCUT2D eigenvalue weighted by molar-refractivity contribution is -0.154. The lowest BCUT2D eigenvalue weighted by atomic mass is 9.98. The Labute approximate surface area is 194 Å². The minimum absolute atomic E-state index is 0.121. The number of carbonyl (C=O) groups is 2. The first kappa shape index (κ1) is 26.2. The highest BCUT2D eigenvalue weighted by Gasteiger charge is 2.26. The summed E-state index contributed by atoms with van der Waals surface area (Å²) in [5.41, 5.74) is 3.05. The first-order chi connectivity index (χ1) is 14.8. The van der Waals surface area contributed by atoms with Crippen LogP contribution in [0.3, 0.4) is 0 Å². The third-order valence-electron chi connectivity index (χ3n) is 5.28. The van der Waals surface area contributed by atoms with E-state index in [2.05, 4.69) is 30.0 Å². The second-order valence-corrected chi connectivity index (χ2v) is 10.8. The fourth-order valence-electron chi connectivity index (χ4n) is 3.77. The monoisotopic (exact) mass is 446 g/mol. The van der Waals surface area contributed by atoms with E-state index in [4.69, 9.17) is 9.47 Å². The topological polar surface area (TPSA) is 59.1 Å². The van der Waals surface area contributed by atoms with Gasteiger partial charge in [-0.2, -0.15) is 0 Å². The maximum Gasteiger partial charge on any atom is 0.410 e. The van der Waals surface area contributed by atoms with Gasteiger partial charge < -0.3 is 14.4 Å². The molecule has 0 spiro atoms. The lowest BCUT2D eigenvalue weighted by Gasteiger charge is -2.35. The summed E-state index contributed by atoms with van der Waals surface area (Å²) in [5, 5.41) is 0. The molecule has 0 radical (unpaired) electrons. The van der Waals surface area contributed by atoms with Gasteiger partial charge in [0, 0.05) is 39.1 Å². The van der Waals surface area contributed by atoms with Gasteiger partial charge >= 0.3 is 12.1 Å². The summed E-state index contributed by atoms with van der Waals surface area (Å²) in [6.45, 7) is 17.4. The average Bonchev–Trinajstić information content (AvgIpc) is 2.65. The van der Waals surface area contributed by atoms with Crippen molar-refractivity contribution in [3.05, 3.63) is 34.9 Å². The van der Waals surface area contributed by atoms with Crippen LogP contribution in [0.5, 0.6) is 0 Å². The van der Waals surface area contributed by atoms with Gasteiger partial charge in [0.15, 0.2) is 0 Å². The SMILES string of the molecule is Cc1ccc(CN2CCN(C(=O)OC(C)(C)C)CC2)c(CCCCC(=O)OC(C)(C)C)c1. The molecule has 6 nitrogen and oxygen atoms in total. The van der Waals surface area contributed by atoms with Gasteiger partial charge in [0.25, 0.3) is 0 Å². The number of benzene rings is 1. The minimum Gasteiger partial charge on any atom is -0.460 e. The van der Waals surface area contributed by atoms with Crippen molar-refractivity contribution in [1.82, 2.24) is 9.80 Å². The summed E-state index contributed by atoms with van der Waals surface area (Å²) in [6.07, 6.45) is 2.99. The number of amides is 1. The van der Waals surface area contributed by atoms with Crippen molar-refractivity contribution < 1.29 is 19.1 Å². The molecule has 1 aliphatic rings. The van der Waals surface area contributed by atoms with Gasteiger partial charge in [0.05, 0.1) is 0 Å². The Morgan fingerprint density at radius 1 is 0.875 bits per heavy atom. The number of aryl methyl sites for hydroxylation is 2. The third kappa shape index (κ3) is 9.60. The summed E-state index contributed by atoms with van der Waals surface area (Å²) < 4.78 is 10.9. The highest BCUT2D eigenvalue weighted by molar-refractivity contribution is 5.69. The highest BCUT2D eigenvalue weighted by Crippen LogP contribution is 2.19. The molecular weight excluding hydrogens is 404 g/mol. The standard InChI is InChI=1S/C26H42N2O4/c1-20-12-13-22(21(18-20)10-8-9-11-23(29)31-25(2,3)4)19-27-14-16-28(17-15-27)24(30)32-26(5,6)7/h12-13,18H,8-11,14-17,19H2,1-7H3. The zero-order valence-corrected chi connectivity index (χ0v) is 21.1. The van der Waals surface area contributed by atoms with Gasteiger partial charge in [-0.25, -0.2) is 4.79 Å². The van der Waals surface area contributed by atoms with Crippen molar-refractivity contribution >= 4 is 12.1 Å². The molecule has 32 heavy (non-hydrogen) atoms. The first-order valence-corrected chi connectivity index (χ1v) is 11.8. The van der Waals surface area contributed by atoms with Crippen LogP contribution in [0, 0.1) is 6.92 Å². The van der Waals surface area contributed by atoms with E-state index < -0.39 is 11.2 Å². The summed E-state index contributed by atoms with van der Waals surface area (Å²) in [7, 11) is 0. The maximum atomic E-state index is 12.3. The summed E-state index contributed by atoms with van der Waals surface area (Å²) in [4.78, 5) is 28.4. The van der Waals surface area contributed by atoms with Crippen molar-refractivity contribution in [3.8, 4) is 0 Å². The Morgan fingerprint density at radius 2 is 1.50 bits per heavy atom. The molecule has 6 heteroatoms. The normalized spacial score (nSPS) is 15.5. The molecule has 1 aliphatic heterocycles. The molecule has 1 aromatic rings. The smallest absolute Gasteiger partial charge is 0.410 e. The lowest BCUT2D eigenvalue weighted by Crippen LogP contribution is -2.49. The number of ether oxygens (including phenoxy) is 2. The molecule has 0 aromatic heterocycles. The molecule has 0 bridgehead atoms. The fourth-order valence-corrected chi connectivity index (χ4v) is 3.77. The van der Waals surface area contributed by atoms with Crippen LogP contribution in [0.15, 0.2) is 18.2 Å². The van der Waals surface area contributed by atoms with Crippen LogP contribution >= 0.6 is 0 Å². The van der Waals surface area contributed by atoms with Crippen molar-refractivity contribution in [3.63, 3.8) is 0 Å². The molecule has 0 saturated carbocycles. The molecule has 180 valence electrons. The Balaban J connectivity index is 1.84. The van der Waals surface area contributed by atoms with Crippen LogP contribution in [-0.2, 0) is 27.2 Å². The van der Waals surface area contributed by atoms with Crippen LogP contribution in [0.2, 0.25) is 0 Å². The third-order valence-corrected chi connectivity index (χ3v) is 5.28. The molecule has 1 aromatic carbocycles. The number of carbonyl (C=O) groups excluding carboxylic acids is 2. The van der Waals surface area contributed by atoms with E-state index in [1.165, 1.54) is 16.7 Å². The summed E-state index contributed by atoms with van der Waals surface area (Å²) >= 11 is 0. The predicted molar refractivity (Wildman–Crippen MR) is 128 cm³/mol. The fraction of sp³-hybridized carbons (Fsp3) is 0.692. The van der Waals surface area contributed by atoms with Crippen molar-refractivity contribution in [2.75, 3.05) is 26.2 Å². The molecule has 1 heterocycles. The number of esters is 1. The van der Waals surface area contributed by atoms with E-state index in [1.54, 1.807) is 4.90 Å². The Kier molecular flexibility index (Phi) is 9.14. The summed E-state index contributed by atoms with van der Waals surface area (Å²) in [5.74, 6) is -0.121. The quantitative estimate of drug-likeness (QED) is 0.431. The molecule has 0 unspecified atom stereocenters. The van der Waals surface area contributed by atoms with Crippen molar-refractivity contribution in [2.24, 2.45) is 0 Å². The Bertz CT molecular complexity index is 769. The molecule has 0 N–H and O–H groups in total. The predicted octanol–water partition coefficient (Wildman–Crippen LogP) is 5.10. The van der Waals surface area contributed by atoms with Gasteiger partial charge in [0.2, 0.25) is 0 Å². The van der Waals surface area contributed by atoms with Gasteiger partial charge in [-0.05, 0) is 78.9 Å². The molecule has 1 amide bonds. The summed E-state index contributed by atoms with van der Waals surface area (Å²) in [6, 6.07) is 6.65. The van der Waals surface area contributed by atoms with E-state index in [-0.39, 0.29) is 12.1 Å². The van der Waals surface area contributed by atoms with Crippen LogP contribution in [-0.4, -0.2) is 59.2 Å². The van der Waals surface area contributed by atoms with Crippen LogP contribution in [0.25, 0.3) is 0 Å². The zero-order valence-electron chi connectivity index (χ0n) is 21.1. The number of hydrogen-bond acceptors (Lipinski definition) is 5. The average molecular weight is 447 g/mol. The van der Waals surface area contributed by atoms with Crippen LogP contribution in [0.1, 0.15) is 77.5 Å². The number of piperazine rings is 1. The molecule has 1 saturated heterocycles. The van der Waals surface area contributed by atoms with Gasteiger partial charge in [-0.15, -0.1) is 0 Å². The second kappa shape index (κ2) is 11.2. The minimum atomic E-state index is -0.464. The van der Waals surface area contributed by atoms with E-state index >= 15 is 0 Å². The Morgan fingerprint density at radius 3 is 2.09 bits per heavy atom. The van der Waals surface area contributed by atoms with E-state index in [1.807, 2.05) is 41.5 Å². The van der Waals surface area contributed by atoms with Gasteiger partial charge in [-0.3, -0.25) is 9.69 Å². The van der Waals surface area contributed by atoms with Crippen LogP contribution in [0.4, 0.5) is 4.79 Å².